The van der Waals surface area contributed by atoms with Gasteiger partial charge >= 0.3 is 0 Å². The third kappa shape index (κ3) is 2.20. The standard InChI is InChI=1S/C24H17Cl2NO2/c1-23-20(21(28)27(22(23)29)17-12-13-18(25)19(26)14-17)24(23,15-8-4-2-5-9-15)16-10-6-3-7-11-16/h2-14,20H,1H3/t20-,23+/m1/s1. The minimum Gasteiger partial charge on any atom is -0.274 e. The van der Waals surface area contributed by atoms with Gasteiger partial charge in [0.25, 0.3) is 0 Å². The fraction of sp³-hybridized carbons (Fsp3) is 0.167. The number of halogens is 2. The highest BCUT2D eigenvalue weighted by Crippen LogP contribution is 2.76. The number of amides is 2. The number of hydrogen-bond acceptors (Lipinski definition) is 2. The Bertz CT molecular complexity index is 1110. The van der Waals surface area contributed by atoms with Crippen molar-refractivity contribution in [2.75, 3.05) is 4.90 Å². The van der Waals surface area contributed by atoms with E-state index < -0.39 is 16.7 Å². The van der Waals surface area contributed by atoms with Crippen molar-refractivity contribution < 1.29 is 9.59 Å². The average Bonchev–Trinajstić information content (AvgIpc) is 3.27. The zero-order valence-electron chi connectivity index (χ0n) is 15.6. The molecule has 3 nitrogen and oxygen atoms in total. The normalized spacial score (nSPS) is 24.5. The lowest BCUT2D eigenvalue weighted by Gasteiger charge is -2.29. The van der Waals surface area contributed by atoms with Crippen LogP contribution in [-0.2, 0) is 15.0 Å². The minimum absolute atomic E-state index is 0.205. The third-order valence-corrected chi connectivity index (χ3v) is 7.22. The number of hydrogen-bond donors (Lipinski definition) is 0. The molecule has 2 amide bonds. The average molecular weight is 422 g/mol. The number of fused-ring (bicyclic) bond motifs is 1. The summed E-state index contributed by atoms with van der Waals surface area (Å²) in [4.78, 5) is 28.5. The molecule has 5 heteroatoms. The molecule has 5 rings (SSSR count). The van der Waals surface area contributed by atoms with E-state index in [1.54, 1.807) is 18.2 Å². The fourth-order valence-electron chi connectivity index (χ4n) is 5.18. The van der Waals surface area contributed by atoms with Crippen molar-refractivity contribution in [3.63, 3.8) is 0 Å². The molecule has 0 unspecified atom stereocenters. The summed E-state index contributed by atoms with van der Waals surface area (Å²) in [5.41, 5.74) is 0.885. The summed E-state index contributed by atoms with van der Waals surface area (Å²) in [7, 11) is 0. The Balaban J connectivity index is 1.67. The second-order valence-corrected chi connectivity index (χ2v) is 8.57. The molecule has 2 aliphatic rings. The van der Waals surface area contributed by atoms with Crippen LogP contribution in [0.25, 0.3) is 0 Å². The van der Waals surface area contributed by atoms with Gasteiger partial charge in [-0.3, -0.25) is 9.59 Å². The molecule has 1 aliphatic carbocycles. The molecule has 2 fully saturated rings. The van der Waals surface area contributed by atoms with Gasteiger partial charge in [0.15, 0.2) is 0 Å². The van der Waals surface area contributed by atoms with Crippen molar-refractivity contribution in [1.29, 1.82) is 0 Å². The Labute approximate surface area is 178 Å². The van der Waals surface area contributed by atoms with E-state index >= 15 is 0 Å². The summed E-state index contributed by atoms with van der Waals surface area (Å²) in [6.45, 7) is 1.90. The number of nitrogens with zero attached hydrogens (tertiary/aromatic N) is 1. The maximum Gasteiger partial charge on any atom is 0.241 e. The molecule has 0 radical (unpaired) electrons. The number of piperidine rings is 1. The van der Waals surface area contributed by atoms with Crippen molar-refractivity contribution in [1.82, 2.24) is 0 Å². The molecule has 0 aromatic heterocycles. The van der Waals surface area contributed by atoms with E-state index in [9.17, 15) is 9.59 Å². The van der Waals surface area contributed by atoms with Crippen LogP contribution in [-0.4, -0.2) is 11.8 Å². The van der Waals surface area contributed by atoms with Gasteiger partial charge in [0, 0.05) is 5.41 Å². The van der Waals surface area contributed by atoms with Crippen LogP contribution in [0.2, 0.25) is 10.0 Å². The molecule has 3 aromatic rings. The highest BCUT2D eigenvalue weighted by Gasteiger charge is 2.86. The number of rotatable bonds is 3. The van der Waals surface area contributed by atoms with Gasteiger partial charge in [-0.2, -0.15) is 0 Å². The third-order valence-electron chi connectivity index (χ3n) is 6.48. The largest absolute Gasteiger partial charge is 0.274 e. The molecule has 1 aliphatic heterocycles. The first kappa shape index (κ1) is 18.4. The molecule has 3 aromatic carbocycles. The molecule has 1 heterocycles. The summed E-state index contributed by atoms with van der Waals surface area (Å²) < 4.78 is 0. The predicted octanol–water partition coefficient (Wildman–Crippen LogP) is 5.49. The van der Waals surface area contributed by atoms with Crippen molar-refractivity contribution in [2.45, 2.75) is 12.3 Å². The second kappa shape index (κ2) is 6.19. The van der Waals surface area contributed by atoms with Crippen molar-refractivity contribution in [2.24, 2.45) is 11.3 Å². The topological polar surface area (TPSA) is 37.4 Å². The van der Waals surface area contributed by atoms with E-state index in [0.29, 0.717) is 15.7 Å². The molecule has 0 bridgehead atoms. The number of carbonyl (C=O) groups is 2. The molecule has 144 valence electrons. The molecular weight excluding hydrogens is 405 g/mol. The SMILES string of the molecule is C[C@@]12C(=O)N(c3ccc(Cl)c(Cl)c3)C(=O)[C@H]1C2(c1ccccc1)c1ccccc1. The maximum absolute atomic E-state index is 13.7. The molecule has 0 N–H and O–H groups in total. The van der Waals surface area contributed by atoms with Crippen LogP contribution in [0.5, 0.6) is 0 Å². The van der Waals surface area contributed by atoms with Crippen molar-refractivity contribution >= 4 is 40.7 Å². The lowest BCUT2D eigenvalue weighted by atomic mass is 9.79. The van der Waals surface area contributed by atoms with Gasteiger partial charge in [0.1, 0.15) is 0 Å². The smallest absolute Gasteiger partial charge is 0.241 e. The van der Waals surface area contributed by atoms with Gasteiger partial charge in [0.2, 0.25) is 11.8 Å². The van der Waals surface area contributed by atoms with E-state index in [1.165, 1.54) is 4.90 Å². The van der Waals surface area contributed by atoms with E-state index in [1.807, 2.05) is 67.6 Å². The molecule has 2 atom stereocenters. The van der Waals surface area contributed by atoms with Gasteiger partial charge in [0.05, 0.1) is 27.1 Å². The summed E-state index contributed by atoms with van der Waals surface area (Å²) in [5.74, 6) is -0.885. The molecular formula is C24H17Cl2NO2. The zero-order chi connectivity index (χ0) is 20.4. The van der Waals surface area contributed by atoms with Gasteiger partial charge in [-0.05, 0) is 36.2 Å². The lowest BCUT2D eigenvalue weighted by molar-refractivity contribution is -0.125. The summed E-state index contributed by atoms with van der Waals surface area (Å²) in [6.07, 6.45) is 0. The van der Waals surface area contributed by atoms with Gasteiger partial charge < -0.3 is 0 Å². The Morgan fingerprint density at radius 2 is 1.34 bits per heavy atom. The Morgan fingerprint density at radius 3 is 1.79 bits per heavy atom. The number of carbonyl (C=O) groups excluding carboxylic acids is 2. The van der Waals surface area contributed by atoms with Crippen molar-refractivity contribution in [3.8, 4) is 0 Å². The van der Waals surface area contributed by atoms with Gasteiger partial charge in [-0.25, -0.2) is 4.90 Å². The van der Waals surface area contributed by atoms with Crippen LogP contribution >= 0.6 is 23.2 Å². The minimum atomic E-state index is -0.862. The molecule has 1 saturated carbocycles. The van der Waals surface area contributed by atoms with Crippen LogP contribution in [0.3, 0.4) is 0 Å². The van der Waals surface area contributed by atoms with Crippen LogP contribution in [0, 0.1) is 11.3 Å². The van der Waals surface area contributed by atoms with E-state index in [0.717, 1.165) is 11.1 Å². The monoisotopic (exact) mass is 421 g/mol. The number of benzene rings is 3. The highest BCUT2D eigenvalue weighted by atomic mass is 35.5. The zero-order valence-corrected chi connectivity index (χ0v) is 17.1. The second-order valence-electron chi connectivity index (χ2n) is 7.75. The summed E-state index contributed by atoms with van der Waals surface area (Å²) in [6, 6.07) is 24.5. The van der Waals surface area contributed by atoms with Crippen molar-refractivity contribution in [3.05, 3.63) is 100 Å². The Kier molecular flexibility index (Phi) is 3.93. The summed E-state index contributed by atoms with van der Waals surface area (Å²) >= 11 is 12.1. The Hall–Kier alpha value is -2.62. The highest BCUT2D eigenvalue weighted by molar-refractivity contribution is 6.42. The first-order valence-corrected chi connectivity index (χ1v) is 10.1. The molecule has 29 heavy (non-hydrogen) atoms. The maximum atomic E-state index is 13.7. The molecule has 1 saturated heterocycles. The predicted molar refractivity (Wildman–Crippen MR) is 114 cm³/mol. The van der Waals surface area contributed by atoms with Crippen LogP contribution in [0.4, 0.5) is 5.69 Å². The first-order chi connectivity index (χ1) is 13.9. The van der Waals surface area contributed by atoms with E-state index in [2.05, 4.69) is 0 Å². The van der Waals surface area contributed by atoms with Gasteiger partial charge in [-0.15, -0.1) is 0 Å². The summed E-state index contributed by atoms with van der Waals surface area (Å²) in [5, 5.41) is 0.696. The van der Waals surface area contributed by atoms with E-state index in [4.69, 9.17) is 23.2 Å². The quantitative estimate of drug-likeness (QED) is 0.524. The first-order valence-electron chi connectivity index (χ1n) is 9.38. The van der Waals surface area contributed by atoms with Crippen LogP contribution in [0.15, 0.2) is 78.9 Å². The van der Waals surface area contributed by atoms with Crippen LogP contribution < -0.4 is 4.90 Å². The van der Waals surface area contributed by atoms with Crippen LogP contribution in [0.1, 0.15) is 18.1 Å². The lowest BCUT2D eigenvalue weighted by Crippen LogP contribution is -2.42. The number of anilines is 1. The fourth-order valence-corrected chi connectivity index (χ4v) is 5.47. The molecule has 0 spiro atoms. The van der Waals surface area contributed by atoms with Gasteiger partial charge in [-0.1, -0.05) is 83.9 Å². The van der Waals surface area contributed by atoms with E-state index in [-0.39, 0.29) is 11.8 Å². The Morgan fingerprint density at radius 1 is 0.793 bits per heavy atom. The number of imide groups is 1.